The number of alkyl halides is 1. The predicted molar refractivity (Wildman–Crippen MR) is 92.1 cm³/mol. The van der Waals surface area contributed by atoms with E-state index >= 15 is 0 Å². The van der Waals surface area contributed by atoms with Crippen LogP contribution in [-0.2, 0) is 4.79 Å². The van der Waals surface area contributed by atoms with E-state index in [4.69, 9.17) is 11.6 Å². The molecule has 0 aromatic heterocycles. The maximum Gasteiger partial charge on any atom is 0.226 e. The Balaban J connectivity index is 1.79. The third-order valence-corrected chi connectivity index (χ3v) is 4.97. The molecule has 0 radical (unpaired) electrons. The average Bonchev–Trinajstić information content (AvgIpc) is 2.44. The zero-order valence-corrected chi connectivity index (χ0v) is 14.1. The molecule has 116 valence electrons. The van der Waals surface area contributed by atoms with Gasteiger partial charge in [-0.2, -0.15) is 0 Å². The number of halogens is 1. The number of fused-ring (bicyclic) bond motifs is 1. The number of hydrogen-bond donors (Lipinski definition) is 1. The Labute approximate surface area is 136 Å². The monoisotopic (exact) mass is 315 g/mol. The van der Waals surface area contributed by atoms with Gasteiger partial charge in [0.15, 0.2) is 0 Å². The van der Waals surface area contributed by atoms with Gasteiger partial charge in [0.05, 0.1) is 6.04 Å². The van der Waals surface area contributed by atoms with Crippen molar-refractivity contribution in [3.63, 3.8) is 0 Å². The van der Waals surface area contributed by atoms with Crippen molar-refractivity contribution in [3.05, 3.63) is 48.0 Å². The lowest BCUT2D eigenvalue weighted by Crippen LogP contribution is -2.53. The summed E-state index contributed by atoms with van der Waals surface area (Å²) in [4.78, 5) is 12.4. The Morgan fingerprint density at radius 1 is 1.14 bits per heavy atom. The molecule has 1 aliphatic carbocycles. The van der Waals surface area contributed by atoms with Crippen LogP contribution in [0.15, 0.2) is 42.5 Å². The van der Waals surface area contributed by atoms with Crippen LogP contribution < -0.4 is 5.32 Å². The van der Waals surface area contributed by atoms with Gasteiger partial charge in [-0.15, -0.1) is 11.6 Å². The van der Waals surface area contributed by atoms with Crippen molar-refractivity contribution in [3.8, 4) is 0 Å². The van der Waals surface area contributed by atoms with Gasteiger partial charge in [-0.1, -0.05) is 49.4 Å². The highest BCUT2D eigenvalue weighted by Gasteiger charge is 2.52. The summed E-state index contributed by atoms with van der Waals surface area (Å²) >= 11 is 6.28. The molecule has 2 nitrogen and oxygen atoms in total. The van der Waals surface area contributed by atoms with E-state index in [2.05, 4.69) is 29.6 Å². The summed E-state index contributed by atoms with van der Waals surface area (Å²) in [7, 11) is 0. The second-order valence-electron chi connectivity index (χ2n) is 7.09. The fourth-order valence-corrected chi connectivity index (χ4v) is 4.40. The molecular weight excluding hydrogens is 294 g/mol. The first-order chi connectivity index (χ1) is 10.3. The standard InChI is InChI=1S/C19H22ClNO/c1-13(21-17(22)18(2)11-19(3,20)12-18)15-10-6-8-14-7-4-5-9-16(14)15/h4-10,13H,11-12H2,1-3H3,(H,21,22)/t13-,18?,19?/m1/s1. The van der Waals surface area contributed by atoms with Gasteiger partial charge in [0.2, 0.25) is 5.91 Å². The fraction of sp³-hybridized carbons (Fsp3) is 0.421. The van der Waals surface area contributed by atoms with Gasteiger partial charge >= 0.3 is 0 Å². The minimum absolute atomic E-state index is 0.0161. The normalized spacial score (nSPS) is 28.9. The maximum absolute atomic E-state index is 12.6. The van der Waals surface area contributed by atoms with E-state index in [-0.39, 0.29) is 22.2 Å². The van der Waals surface area contributed by atoms with Gasteiger partial charge in [-0.05, 0) is 43.0 Å². The molecule has 0 bridgehead atoms. The Morgan fingerprint density at radius 3 is 2.45 bits per heavy atom. The number of benzene rings is 2. The molecule has 1 fully saturated rings. The van der Waals surface area contributed by atoms with Crippen molar-refractivity contribution in [2.45, 2.75) is 44.5 Å². The van der Waals surface area contributed by atoms with Crippen molar-refractivity contribution in [2.24, 2.45) is 5.41 Å². The van der Waals surface area contributed by atoms with Crippen molar-refractivity contribution in [1.29, 1.82) is 0 Å². The molecule has 2 aromatic carbocycles. The lowest BCUT2D eigenvalue weighted by Gasteiger charge is -2.48. The van der Waals surface area contributed by atoms with Gasteiger partial charge in [0.1, 0.15) is 0 Å². The molecular formula is C19H22ClNO. The largest absolute Gasteiger partial charge is 0.349 e. The number of hydrogen-bond acceptors (Lipinski definition) is 1. The average molecular weight is 316 g/mol. The van der Waals surface area contributed by atoms with Crippen LogP contribution in [0, 0.1) is 5.41 Å². The fourth-order valence-electron chi connectivity index (χ4n) is 3.81. The van der Waals surface area contributed by atoms with Crippen LogP contribution in [0.2, 0.25) is 0 Å². The van der Waals surface area contributed by atoms with E-state index in [0.29, 0.717) is 0 Å². The first-order valence-corrected chi connectivity index (χ1v) is 8.16. The molecule has 0 unspecified atom stereocenters. The molecule has 0 saturated heterocycles. The Morgan fingerprint density at radius 2 is 1.77 bits per heavy atom. The number of carbonyl (C=O) groups excluding carboxylic acids is 1. The smallest absolute Gasteiger partial charge is 0.226 e. The Kier molecular flexibility index (Phi) is 3.68. The number of amides is 1. The molecule has 3 heteroatoms. The van der Waals surface area contributed by atoms with Crippen LogP contribution in [0.1, 0.15) is 45.2 Å². The molecule has 0 heterocycles. The second-order valence-corrected chi connectivity index (χ2v) is 8.00. The summed E-state index contributed by atoms with van der Waals surface area (Å²) in [5.41, 5.74) is 0.818. The van der Waals surface area contributed by atoms with Gasteiger partial charge < -0.3 is 5.32 Å². The van der Waals surface area contributed by atoms with Crippen molar-refractivity contribution in [1.82, 2.24) is 5.32 Å². The number of rotatable bonds is 3. The van der Waals surface area contributed by atoms with Crippen molar-refractivity contribution >= 4 is 28.3 Å². The Hall–Kier alpha value is -1.54. The predicted octanol–water partition coefficient (Wildman–Crippen LogP) is 4.81. The van der Waals surface area contributed by atoms with Crippen LogP contribution in [0.4, 0.5) is 0 Å². The molecule has 2 aromatic rings. The third-order valence-electron chi connectivity index (χ3n) is 4.70. The highest BCUT2D eigenvalue weighted by Crippen LogP contribution is 2.52. The summed E-state index contributed by atoms with van der Waals surface area (Å²) in [6.07, 6.45) is 1.46. The summed E-state index contributed by atoms with van der Waals surface area (Å²) in [6, 6.07) is 14.5. The highest BCUT2D eigenvalue weighted by molar-refractivity contribution is 6.25. The summed E-state index contributed by atoms with van der Waals surface area (Å²) in [5, 5.41) is 5.56. The van der Waals surface area contributed by atoms with E-state index in [9.17, 15) is 4.79 Å². The minimum atomic E-state index is -0.338. The molecule has 1 amide bonds. The molecule has 0 spiro atoms. The number of nitrogens with one attached hydrogen (secondary N) is 1. The first-order valence-electron chi connectivity index (χ1n) is 7.78. The van der Waals surface area contributed by atoms with E-state index < -0.39 is 0 Å². The minimum Gasteiger partial charge on any atom is -0.349 e. The molecule has 1 saturated carbocycles. The lowest BCUT2D eigenvalue weighted by atomic mass is 9.62. The number of carbonyl (C=O) groups is 1. The topological polar surface area (TPSA) is 29.1 Å². The first kappa shape index (κ1) is 15.4. The zero-order chi connectivity index (χ0) is 16.0. The highest BCUT2D eigenvalue weighted by atomic mass is 35.5. The van der Waals surface area contributed by atoms with Crippen molar-refractivity contribution < 1.29 is 4.79 Å². The summed E-state index contributed by atoms with van der Waals surface area (Å²) in [5.74, 6) is 0.103. The van der Waals surface area contributed by atoms with Gasteiger partial charge in [-0.3, -0.25) is 4.79 Å². The molecule has 22 heavy (non-hydrogen) atoms. The summed E-state index contributed by atoms with van der Waals surface area (Å²) < 4.78 is 0. The van der Waals surface area contributed by atoms with E-state index in [1.165, 1.54) is 10.8 Å². The van der Waals surface area contributed by atoms with E-state index in [1.54, 1.807) is 0 Å². The second kappa shape index (κ2) is 5.27. The molecule has 1 N–H and O–H groups in total. The van der Waals surface area contributed by atoms with Gasteiger partial charge in [0, 0.05) is 10.3 Å². The van der Waals surface area contributed by atoms with E-state index in [0.717, 1.165) is 18.4 Å². The molecule has 3 rings (SSSR count). The van der Waals surface area contributed by atoms with Crippen LogP contribution in [0.5, 0.6) is 0 Å². The molecule has 1 atom stereocenters. The van der Waals surface area contributed by atoms with E-state index in [1.807, 2.05) is 39.0 Å². The Bertz CT molecular complexity index is 709. The summed E-state index contributed by atoms with van der Waals surface area (Å²) in [6.45, 7) is 6.04. The van der Waals surface area contributed by atoms with Crippen LogP contribution in [0.3, 0.4) is 0 Å². The third kappa shape index (κ3) is 2.72. The van der Waals surface area contributed by atoms with Crippen LogP contribution in [-0.4, -0.2) is 10.8 Å². The van der Waals surface area contributed by atoms with Crippen LogP contribution in [0.25, 0.3) is 10.8 Å². The molecule has 0 aliphatic heterocycles. The van der Waals surface area contributed by atoms with Gasteiger partial charge in [-0.25, -0.2) is 0 Å². The SMILES string of the molecule is C[C@@H](NC(=O)C1(C)CC(C)(Cl)C1)c1cccc2ccccc12. The van der Waals surface area contributed by atoms with Crippen LogP contribution >= 0.6 is 11.6 Å². The van der Waals surface area contributed by atoms with Crippen molar-refractivity contribution in [2.75, 3.05) is 0 Å². The quantitative estimate of drug-likeness (QED) is 0.809. The maximum atomic E-state index is 12.6. The lowest BCUT2D eigenvalue weighted by molar-refractivity contribution is -0.137. The molecule has 1 aliphatic rings. The van der Waals surface area contributed by atoms with Gasteiger partial charge in [0.25, 0.3) is 0 Å². The zero-order valence-electron chi connectivity index (χ0n) is 13.3.